The fourth-order valence-corrected chi connectivity index (χ4v) is 1.15. The molecule has 58 valence electrons. The molecule has 0 rings (SSSR count). The minimum atomic E-state index is -0.756. The van der Waals surface area contributed by atoms with Gasteiger partial charge in [-0.1, -0.05) is 19.1 Å². The van der Waals surface area contributed by atoms with Crippen LogP contribution in [0.25, 0.3) is 0 Å². The highest BCUT2D eigenvalue weighted by Crippen LogP contribution is 2.07. The van der Waals surface area contributed by atoms with Gasteiger partial charge in [0.2, 0.25) is 0 Å². The van der Waals surface area contributed by atoms with Crippen LogP contribution in [0, 0.1) is 0 Å². The molecule has 0 aromatic rings. The van der Waals surface area contributed by atoms with Gasteiger partial charge in [0.25, 0.3) is 0 Å². The molecule has 0 aliphatic heterocycles. The molecule has 0 bridgehead atoms. The number of hydrogen-bond donors (Lipinski definition) is 1. The fraction of sp³-hybridized carbons (Fsp3) is 0.571. The van der Waals surface area contributed by atoms with E-state index in [9.17, 15) is 4.79 Å². The summed E-state index contributed by atoms with van der Waals surface area (Å²) in [6.45, 7) is 5.77. The summed E-state index contributed by atoms with van der Waals surface area (Å²) in [7, 11) is 0. The molecule has 0 radical (unpaired) electrons. The SMILES string of the molecule is C=C(CC)CSCC(=O)O. The van der Waals surface area contributed by atoms with Gasteiger partial charge in [-0.05, 0) is 6.42 Å². The van der Waals surface area contributed by atoms with Gasteiger partial charge in [-0.15, -0.1) is 11.8 Å². The molecule has 0 aliphatic rings. The molecule has 0 saturated heterocycles. The number of carbonyl (C=O) groups is 1. The summed E-state index contributed by atoms with van der Waals surface area (Å²) in [4.78, 5) is 10.0. The molecule has 0 saturated carbocycles. The van der Waals surface area contributed by atoms with Crippen LogP contribution < -0.4 is 0 Å². The Morgan fingerprint density at radius 2 is 2.20 bits per heavy atom. The van der Waals surface area contributed by atoms with Gasteiger partial charge in [0.1, 0.15) is 0 Å². The molecule has 0 atom stereocenters. The minimum absolute atomic E-state index is 0.180. The van der Waals surface area contributed by atoms with Crippen molar-refractivity contribution in [3.63, 3.8) is 0 Å². The average Bonchev–Trinajstić information content (AvgIpc) is 1.87. The predicted molar refractivity (Wildman–Crippen MR) is 44.4 cm³/mol. The van der Waals surface area contributed by atoms with Gasteiger partial charge in [-0.2, -0.15) is 0 Å². The first-order valence-corrected chi connectivity index (χ1v) is 4.28. The second kappa shape index (κ2) is 5.35. The zero-order valence-electron chi connectivity index (χ0n) is 6.09. The van der Waals surface area contributed by atoms with E-state index in [1.165, 1.54) is 11.8 Å². The third-order valence-corrected chi connectivity index (χ3v) is 2.10. The van der Waals surface area contributed by atoms with Crippen LogP contribution in [0.5, 0.6) is 0 Å². The Bertz CT molecular complexity index is 132. The molecule has 0 unspecified atom stereocenters. The van der Waals surface area contributed by atoms with Crippen LogP contribution in [-0.2, 0) is 4.79 Å². The van der Waals surface area contributed by atoms with E-state index in [0.29, 0.717) is 0 Å². The predicted octanol–water partition coefficient (Wildman–Crippen LogP) is 1.77. The number of carboxylic acids is 1. The highest BCUT2D eigenvalue weighted by atomic mass is 32.2. The van der Waals surface area contributed by atoms with Gasteiger partial charge in [-0.3, -0.25) is 4.79 Å². The van der Waals surface area contributed by atoms with Crippen molar-refractivity contribution in [1.29, 1.82) is 0 Å². The van der Waals surface area contributed by atoms with E-state index in [0.717, 1.165) is 17.7 Å². The second-order valence-corrected chi connectivity index (χ2v) is 2.98. The largest absolute Gasteiger partial charge is 0.481 e. The molecule has 0 aliphatic carbocycles. The summed E-state index contributed by atoms with van der Waals surface area (Å²) in [5, 5.41) is 8.25. The molecular formula is C7H12O2S. The maximum absolute atomic E-state index is 10.0. The Kier molecular flexibility index (Phi) is 5.12. The monoisotopic (exact) mass is 160 g/mol. The summed E-state index contributed by atoms with van der Waals surface area (Å²) in [6.07, 6.45) is 0.937. The Labute approximate surface area is 65.3 Å². The Balaban J connectivity index is 3.20. The second-order valence-electron chi connectivity index (χ2n) is 1.99. The molecule has 0 fully saturated rings. The summed E-state index contributed by atoms with van der Waals surface area (Å²) in [6, 6.07) is 0. The molecule has 3 heteroatoms. The van der Waals surface area contributed by atoms with Gasteiger partial charge in [-0.25, -0.2) is 0 Å². The quantitative estimate of drug-likeness (QED) is 0.623. The first-order chi connectivity index (χ1) is 4.66. The summed E-state index contributed by atoms with van der Waals surface area (Å²) in [5.74, 6) is 0.191. The van der Waals surface area contributed by atoms with Crippen molar-refractivity contribution in [2.75, 3.05) is 11.5 Å². The minimum Gasteiger partial charge on any atom is -0.481 e. The van der Waals surface area contributed by atoms with E-state index in [1.807, 2.05) is 6.92 Å². The van der Waals surface area contributed by atoms with Crippen molar-refractivity contribution >= 4 is 17.7 Å². The third-order valence-electron chi connectivity index (χ3n) is 1.03. The zero-order valence-corrected chi connectivity index (χ0v) is 6.91. The van der Waals surface area contributed by atoms with E-state index >= 15 is 0 Å². The number of rotatable bonds is 5. The van der Waals surface area contributed by atoms with Gasteiger partial charge in [0.15, 0.2) is 0 Å². The molecule has 0 heterocycles. The lowest BCUT2D eigenvalue weighted by atomic mass is 10.3. The molecule has 0 amide bonds. The van der Waals surface area contributed by atoms with Crippen LogP contribution in [0.3, 0.4) is 0 Å². The summed E-state index contributed by atoms with van der Waals surface area (Å²) in [5.41, 5.74) is 1.10. The summed E-state index contributed by atoms with van der Waals surface area (Å²) >= 11 is 1.39. The maximum Gasteiger partial charge on any atom is 0.313 e. The highest BCUT2D eigenvalue weighted by molar-refractivity contribution is 8.00. The molecule has 2 nitrogen and oxygen atoms in total. The van der Waals surface area contributed by atoms with Crippen LogP contribution in [-0.4, -0.2) is 22.6 Å². The van der Waals surface area contributed by atoms with E-state index in [1.54, 1.807) is 0 Å². The normalized spacial score (nSPS) is 9.30. The number of thioether (sulfide) groups is 1. The van der Waals surface area contributed by atoms with E-state index in [-0.39, 0.29) is 5.75 Å². The number of carboxylic acid groups (broad SMARTS) is 1. The van der Waals surface area contributed by atoms with E-state index in [4.69, 9.17) is 5.11 Å². The van der Waals surface area contributed by atoms with Crippen LogP contribution in [0.1, 0.15) is 13.3 Å². The maximum atomic E-state index is 10.0. The van der Waals surface area contributed by atoms with Gasteiger partial charge < -0.3 is 5.11 Å². The lowest BCUT2D eigenvalue weighted by Gasteiger charge is -1.98. The summed E-state index contributed by atoms with van der Waals surface area (Å²) < 4.78 is 0. The van der Waals surface area contributed by atoms with Crippen molar-refractivity contribution < 1.29 is 9.90 Å². The Hall–Kier alpha value is -0.440. The van der Waals surface area contributed by atoms with Crippen LogP contribution in [0.4, 0.5) is 0 Å². The molecule has 0 aromatic carbocycles. The Morgan fingerprint density at radius 3 is 2.60 bits per heavy atom. The smallest absolute Gasteiger partial charge is 0.313 e. The first-order valence-electron chi connectivity index (χ1n) is 3.13. The standard InChI is InChI=1S/C7H12O2S/c1-3-6(2)4-10-5-7(8)9/h2-5H2,1H3,(H,8,9). The molecule has 1 N–H and O–H groups in total. The van der Waals surface area contributed by atoms with Crippen LogP contribution >= 0.6 is 11.8 Å². The van der Waals surface area contributed by atoms with Crippen molar-refractivity contribution in [1.82, 2.24) is 0 Å². The Morgan fingerprint density at radius 1 is 1.60 bits per heavy atom. The number of aliphatic carboxylic acids is 1. The van der Waals surface area contributed by atoms with E-state index in [2.05, 4.69) is 6.58 Å². The van der Waals surface area contributed by atoms with E-state index < -0.39 is 5.97 Å². The lowest BCUT2D eigenvalue weighted by Crippen LogP contribution is -1.99. The van der Waals surface area contributed by atoms with Crippen LogP contribution in [0.2, 0.25) is 0 Å². The van der Waals surface area contributed by atoms with Gasteiger partial charge >= 0.3 is 5.97 Å². The van der Waals surface area contributed by atoms with Crippen LogP contribution in [0.15, 0.2) is 12.2 Å². The third kappa shape index (κ3) is 5.69. The first kappa shape index (κ1) is 9.56. The topological polar surface area (TPSA) is 37.3 Å². The lowest BCUT2D eigenvalue weighted by molar-refractivity contribution is -0.133. The molecule has 10 heavy (non-hydrogen) atoms. The average molecular weight is 160 g/mol. The number of hydrogen-bond acceptors (Lipinski definition) is 2. The van der Waals surface area contributed by atoms with Gasteiger partial charge in [0, 0.05) is 5.75 Å². The van der Waals surface area contributed by atoms with Crippen molar-refractivity contribution in [2.24, 2.45) is 0 Å². The molecule has 0 spiro atoms. The van der Waals surface area contributed by atoms with Crippen molar-refractivity contribution in [3.05, 3.63) is 12.2 Å². The van der Waals surface area contributed by atoms with Crippen molar-refractivity contribution in [3.8, 4) is 0 Å². The molecular weight excluding hydrogens is 148 g/mol. The molecule has 0 aromatic heterocycles. The highest BCUT2D eigenvalue weighted by Gasteiger charge is 1.96. The van der Waals surface area contributed by atoms with Crippen molar-refractivity contribution in [2.45, 2.75) is 13.3 Å². The fourth-order valence-electron chi connectivity index (χ4n) is 0.385. The zero-order chi connectivity index (χ0) is 7.98. The van der Waals surface area contributed by atoms with Gasteiger partial charge in [0.05, 0.1) is 5.75 Å².